The first-order valence-corrected chi connectivity index (χ1v) is 7.17. The molecule has 0 unspecified atom stereocenters. The van der Waals surface area contributed by atoms with Gasteiger partial charge in [0.25, 0.3) is 0 Å². The Labute approximate surface area is 130 Å². The Morgan fingerprint density at radius 1 is 1.24 bits per heavy atom. The van der Waals surface area contributed by atoms with Gasteiger partial charge >= 0.3 is 0 Å². The molecule has 0 aliphatic carbocycles. The SMILES string of the molecule is O=C(C[C@H](C[N+](=O)[O-])c1ccccc1Br)c1ccccn1. The van der Waals surface area contributed by atoms with Crippen LogP contribution >= 0.6 is 15.9 Å². The number of pyridine rings is 1. The number of carbonyl (C=O) groups excluding carboxylic acids is 1. The fourth-order valence-electron chi connectivity index (χ4n) is 2.12. The van der Waals surface area contributed by atoms with E-state index >= 15 is 0 Å². The van der Waals surface area contributed by atoms with Gasteiger partial charge in [-0.05, 0) is 23.8 Å². The molecule has 0 amide bonds. The zero-order valence-corrected chi connectivity index (χ0v) is 12.7. The zero-order chi connectivity index (χ0) is 15.2. The van der Waals surface area contributed by atoms with Crippen LogP contribution in [-0.2, 0) is 0 Å². The van der Waals surface area contributed by atoms with E-state index in [-0.39, 0.29) is 18.7 Å². The molecule has 1 heterocycles. The van der Waals surface area contributed by atoms with Gasteiger partial charge in [-0.3, -0.25) is 19.9 Å². The van der Waals surface area contributed by atoms with Crippen molar-refractivity contribution in [2.24, 2.45) is 0 Å². The molecule has 1 aromatic carbocycles. The van der Waals surface area contributed by atoms with Crippen molar-refractivity contribution in [3.63, 3.8) is 0 Å². The van der Waals surface area contributed by atoms with E-state index in [0.29, 0.717) is 5.69 Å². The fourth-order valence-corrected chi connectivity index (χ4v) is 2.72. The lowest BCUT2D eigenvalue weighted by atomic mass is 9.93. The Morgan fingerprint density at radius 2 is 1.95 bits per heavy atom. The Balaban J connectivity index is 2.23. The Morgan fingerprint density at radius 3 is 2.57 bits per heavy atom. The number of aromatic nitrogens is 1. The van der Waals surface area contributed by atoms with Crippen molar-refractivity contribution < 1.29 is 9.72 Å². The standard InChI is InChI=1S/C15H13BrN2O3/c16-13-6-2-1-5-12(13)11(10-18(20)21)9-15(19)14-7-3-4-8-17-14/h1-8,11H,9-10H2/t11-/m1/s1. The first kappa shape index (κ1) is 15.3. The second kappa shape index (κ2) is 7.08. The Bertz CT molecular complexity index is 646. The quantitative estimate of drug-likeness (QED) is 0.455. The molecule has 0 saturated heterocycles. The van der Waals surface area contributed by atoms with Crippen LogP contribution in [0.15, 0.2) is 53.1 Å². The van der Waals surface area contributed by atoms with Crippen molar-refractivity contribution in [3.8, 4) is 0 Å². The number of ketones is 1. The monoisotopic (exact) mass is 348 g/mol. The largest absolute Gasteiger partial charge is 0.292 e. The van der Waals surface area contributed by atoms with E-state index in [4.69, 9.17) is 0 Å². The van der Waals surface area contributed by atoms with Gasteiger partial charge in [0, 0.05) is 22.0 Å². The summed E-state index contributed by atoms with van der Waals surface area (Å²) in [5.41, 5.74) is 1.09. The topological polar surface area (TPSA) is 73.1 Å². The van der Waals surface area contributed by atoms with Gasteiger partial charge in [0.15, 0.2) is 5.78 Å². The second-order valence-corrected chi connectivity index (χ2v) is 5.43. The van der Waals surface area contributed by atoms with Gasteiger partial charge in [-0.1, -0.05) is 40.2 Å². The number of Topliss-reactive ketones (excluding diaryl/α,β-unsaturated/α-hetero) is 1. The molecular formula is C15H13BrN2O3. The summed E-state index contributed by atoms with van der Waals surface area (Å²) in [6, 6.07) is 12.3. The molecule has 0 radical (unpaired) electrons. The summed E-state index contributed by atoms with van der Waals surface area (Å²) >= 11 is 3.38. The van der Waals surface area contributed by atoms with E-state index in [1.54, 1.807) is 30.3 Å². The van der Waals surface area contributed by atoms with Crippen molar-refractivity contribution in [2.75, 3.05) is 6.54 Å². The number of nitrogens with zero attached hydrogens (tertiary/aromatic N) is 2. The second-order valence-electron chi connectivity index (χ2n) is 4.58. The molecule has 0 fully saturated rings. The lowest BCUT2D eigenvalue weighted by Crippen LogP contribution is -2.17. The first-order valence-electron chi connectivity index (χ1n) is 6.38. The maximum Gasteiger partial charge on any atom is 0.211 e. The normalized spacial score (nSPS) is 11.9. The van der Waals surface area contributed by atoms with Gasteiger partial charge in [0.1, 0.15) is 5.69 Å². The van der Waals surface area contributed by atoms with Crippen LogP contribution in [0.1, 0.15) is 28.4 Å². The van der Waals surface area contributed by atoms with Gasteiger partial charge in [-0.15, -0.1) is 0 Å². The minimum absolute atomic E-state index is 0.0562. The smallest absolute Gasteiger partial charge is 0.211 e. The molecule has 21 heavy (non-hydrogen) atoms. The van der Waals surface area contributed by atoms with Crippen LogP contribution in [0.2, 0.25) is 0 Å². The maximum atomic E-state index is 12.2. The molecule has 0 N–H and O–H groups in total. The molecule has 5 nitrogen and oxygen atoms in total. The van der Waals surface area contributed by atoms with Crippen LogP contribution < -0.4 is 0 Å². The molecular weight excluding hydrogens is 336 g/mol. The summed E-state index contributed by atoms with van der Waals surface area (Å²) in [6.07, 6.45) is 1.59. The fraction of sp³-hybridized carbons (Fsp3) is 0.200. The van der Waals surface area contributed by atoms with Crippen LogP contribution in [0.3, 0.4) is 0 Å². The van der Waals surface area contributed by atoms with Gasteiger partial charge in [-0.25, -0.2) is 0 Å². The molecule has 108 valence electrons. The first-order chi connectivity index (χ1) is 10.1. The summed E-state index contributed by atoms with van der Waals surface area (Å²) < 4.78 is 0.769. The number of rotatable bonds is 6. The molecule has 2 rings (SSSR count). The highest BCUT2D eigenvalue weighted by Crippen LogP contribution is 2.28. The van der Waals surface area contributed by atoms with E-state index < -0.39 is 10.8 Å². The van der Waals surface area contributed by atoms with E-state index in [0.717, 1.165) is 10.0 Å². The summed E-state index contributed by atoms with van der Waals surface area (Å²) in [7, 11) is 0. The van der Waals surface area contributed by atoms with Crippen LogP contribution in [0.5, 0.6) is 0 Å². The third-order valence-electron chi connectivity index (χ3n) is 3.10. The van der Waals surface area contributed by atoms with E-state index in [2.05, 4.69) is 20.9 Å². The van der Waals surface area contributed by atoms with Crippen LogP contribution in [0.25, 0.3) is 0 Å². The predicted molar refractivity (Wildman–Crippen MR) is 81.9 cm³/mol. The Kier molecular flexibility index (Phi) is 5.16. The van der Waals surface area contributed by atoms with Gasteiger partial charge in [0.2, 0.25) is 6.54 Å². The number of benzene rings is 1. The third kappa shape index (κ3) is 4.19. The maximum absolute atomic E-state index is 12.2. The number of hydrogen-bond acceptors (Lipinski definition) is 4. The van der Waals surface area contributed by atoms with E-state index in [1.165, 1.54) is 6.20 Å². The number of halogens is 1. The number of carbonyl (C=O) groups is 1. The van der Waals surface area contributed by atoms with Crippen LogP contribution in [0.4, 0.5) is 0 Å². The van der Waals surface area contributed by atoms with Gasteiger partial charge in [-0.2, -0.15) is 0 Å². The molecule has 0 spiro atoms. The molecule has 0 bridgehead atoms. The van der Waals surface area contributed by atoms with Crippen molar-refractivity contribution in [3.05, 3.63) is 74.5 Å². The highest BCUT2D eigenvalue weighted by Gasteiger charge is 2.24. The highest BCUT2D eigenvalue weighted by molar-refractivity contribution is 9.10. The molecule has 0 aliphatic rings. The highest BCUT2D eigenvalue weighted by atomic mass is 79.9. The summed E-state index contributed by atoms with van der Waals surface area (Å²) in [5, 5.41) is 10.9. The average molecular weight is 349 g/mol. The minimum Gasteiger partial charge on any atom is -0.292 e. The lowest BCUT2D eigenvalue weighted by molar-refractivity contribution is -0.483. The summed E-state index contributed by atoms with van der Waals surface area (Å²) in [5.74, 6) is -0.678. The molecule has 0 saturated carbocycles. The van der Waals surface area contributed by atoms with Gasteiger partial charge < -0.3 is 0 Å². The lowest BCUT2D eigenvalue weighted by Gasteiger charge is -2.14. The van der Waals surface area contributed by atoms with E-state index in [9.17, 15) is 14.9 Å². The number of hydrogen-bond donors (Lipinski definition) is 0. The zero-order valence-electron chi connectivity index (χ0n) is 11.1. The summed E-state index contributed by atoms with van der Waals surface area (Å²) in [4.78, 5) is 26.7. The Hall–Kier alpha value is -2.08. The van der Waals surface area contributed by atoms with Crippen molar-refractivity contribution in [1.29, 1.82) is 0 Å². The van der Waals surface area contributed by atoms with Gasteiger partial charge in [0.05, 0.1) is 5.92 Å². The number of nitro groups is 1. The molecule has 1 aromatic heterocycles. The molecule has 2 aromatic rings. The molecule has 6 heteroatoms. The predicted octanol–water partition coefficient (Wildman–Crippen LogP) is 3.48. The molecule has 1 atom stereocenters. The van der Waals surface area contributed by atoms with Crippen LogP contribution in [-0.4, -0.2) is 22.2 Å². The van der Waals surface area contributed by atoms with Crippen molar-refractivity contribution in [2.45, 2.75) is 12.3 Å². The van der Waals surface area contributed by atoms with Crippen LogP contribution in [0, 0.1) is 10.1 Å². The summed E-state index contributed by atoms with van der Waals surface area (Å²) in [6.45, 7) is -0.290. The average Bonchev–Trinajstić information content (AvgIpc) is 2.47. The molecule has 0 aliphatic heterocycles. The van der Waals surface area contributed by atoms with E-state index in [1.807, 2.05) is 12.1 Å². The van der Waals surface area contributed by atoms with Crippen molar-refractivity contribution in [1.82, 2.24) is 4.98 Å². The third-order valence-corrected chi connectivity index (χ3v) is 3.82. The van der Waals surface area contributed by atoms with Crippen molar-refractivity contribution >= 4 is 21.7 Å². The minimum atomic E-state index is -0.481.